The first-order valence-electron chi connectivity index (χ1n) is 22.5. The van der Waals surface area contributed by atoms with Crippen molar-refractivity contribution in [1.29, 1.82) is 0 Å². The Hall–Kier alpha value is -2.26. The fourth-order valence-corrected chi connectivity index (χ4v) is 14.5. The lowest BCUT2D eigenvalue weighted by Gasteiger charge is -2.72. The van der Waals surface area contributed by atoms with Crippen LogP contribution in [0.3, 0.4) is 0 Å². The van der Waals surface area contributed by atoms with Crippen molar-refractivity contribution in [3.63, 3.8) is 0 Å². The van der Waals surface area contributed by atoms with Gasteiger partial charge in [-0.25, -0.2) is 0 Å². The van der Waals surface area contributed by atoms with E-state index in [2.05, 4.69) is 53.4 Å². The average molecular weight is 779 g/mol. The van der Waals surface area contributed by atoms with Gasteiger partial charge in [0.25, 0.3) is 0 Å². The highest BCUT2D eigenvalue weighted by molar-refractivity contribution is 6.00. The second kappa shape index (κ2) is 14.5. The maximum atomic E-state index is 14.3. The van der Waals surface area contributed by atoms with Gasteiger partial charge in [0.05, 0.1) is 17.9 Å². The van der Waals surface area contributed by atoms with E-state index in [1.54, 1.807) is 13.8 Å². The molecule has 7 aliphatic rings. The SMILES string of the molecule is CC(C)C1=C2C3CCC4C5(C)CCC(OC(=O)CC(C)(C)C(=O)O)C(C)(C)C5CCC4(C)C3(C)CCC2(C(O)CN(CCN2CCCC2=O)CC2CC2)CC1=O. The van der Waals surface area contributed by atoms with Crippen LogP contribution in [-0.4, -0.2) is 88.6 Å². The summed E-state index contributed by atoms with van der Waals surface area (Å²) < 4.78 is 6.19. The van der Waals surface area contributed by atoms with Crippen molar-refractivity contribution >= 4 is 23.6 Å². The number of carboxylic acid groups (broad SMARTS) is 1. The maximum absolute atomic E-state index is 14.3. The smallest absolute Gasteiger partial charge is 0.309 e. The van der Waals surface area contributed by atoms with Gasteiger partial charge in [0.15, 0.2) is 5.78 Å². The molecule has 9 nitrogen and oxygen atoms in total. The molecule has 1 aliphatic heterocycles. The summed E-state index contributed by atoms with van der Waals surface area (Å²) in [5, 5.41) is 22.3. The van der Waals surface area contributed by atoms with Gasteiger partial charge in [-0.15, -0.1) is 0 Å². The summed E-state index contributed by atoms with van der Waals surface area (Å²) in [6.07, 6.45) is 11.3. The Kier molecular flexibility index (Phi) is 10.8. The fourth-order valence-electron chi connectivity index (χ4n) is 14.5. The molecular weight excluding hydrogens is 705 g/mol. The molecule has 0 bridgehead atoms. The van der Waals surface area contributed by atoms with Crippen molar-refractivity contribution in [2.75, 3.05) is 32.7 Å². The molecule has 1 heterocycles. The first-order valence-corrected chi connectivity index (χ1v) is 22.5. The predicted molar refractivity (Wildman–Crippen MR) is 216 cm³/mol. The molecule has 9 unspecified atom stereocenters. The molecule has 0 spiro atoms. The third-order valence-electron chi connectivity index (χ3n) is 18.0. The lowest BCUT2D eigenvalue weighted by molar-refractivity contribution is -0.235. The predicted octanol–water partition coefficient (Wildman–Crippen LogP) is 8.08. The molecule has 9 atom stereocenters. The van der Waals surface area contributed by atoms with Crippen LogP contribution in [0.1, 0.15) is 152 Å². The van der Waals surface area contributed by atoms with Gasteiger partial charge in [-0.1, -0.05) is 54.0 Å². The van der Waals surface area contributed by atoms with E-state index in [0.717, 1.165) is 83.0 Å². The largest absolute Gasteiger partial charge is 0.481 e. The van der Waals surface area contributed by atoms with E-state index in [4.69, 9.17) is 4.74 Å². The van der Waals surface area contributed by atoms with E-state index in [0.29, 0.717) is 43.7 Å². The van der Waals surface area contributed by atoms with Crippen molar-refractivity contribution in [3.8, 4) is 0 Å². The van der Waals surface area contributed by atoms with E-state index in [-0.39, 0.29) is 57.7 Å². The molecule has 2 N–H and O–H groups in total. The number of aliphatic hydroxyl groups excluding tert-OH is 1. The maximum Gasteiger partial charge on any atom is 0.309 e. The number of fused-ring (bicyclic) bond motifs is 7. The van der Waals surface area contributed by atoms with E-state index < -0.39 is 28.9 Å². The van der Waals surface area contributed by atoms with Crippen LogP contribution in [0, 0.1) is 62.1 Å². The lowest BCUT2D eigenvalue weighted by atomic mass is 9.33. The number of carboxylic acids is 1. The molecule has 1 saturated heterocycles. The van der Waals surface area contributed by atoms with Crippen molar-refractivity contribution < 1.29 is 34.1 Å². The van der Waals surface area contributed by atoms with Gasteiger partial charge in [-0.05, 0) is 136 Å². The molecular formula is C47H74N2O7. The molecule has 9 heteroatoms. The number of esters is 1. The molecule has 6 fully saturated rings. The van der Waals surface area contributed by atoms with Gasteiger partial charge in [0.2, 0.25) is 5.91 Å². The molecule has 56 heavy (non-hydrogen) atoms. The average Bonchev–Trinajstić information content (AvgIpc) is 3.73. The molecule has 7 rings (SSSR count). The monoisotopic (exact) mass is 779 g/mol. The Morgan fingerprint density at radius 2 is 1.64 bits per heavy atom. The van der Waals surface area contributed by atoms with Gasteiger partial charge >= 0.3 is 11.9 Å². The van der Waals surface area contributed by atoms with Crippen molar-refractivity contribution in [1.82, 2.24) is 9.80 Å². The molecule has 314 valence electrons. The zero-order valence-corrected chi connectivity index (χ0v) is 36.3. The second-order valence-corrected chi connectivity index (χ2v) is 22.3. The van der Waals surface area contributed by atoms with E-state index in [1.165, 1.54) is 18.4 Å². The van der Waals surface area contributed by atoms with Crippen molar-refractivity contribution in [3.05, 3.63) is 11.1 Å². The summed E-state index contributed by atoms with van der Waals surface area (Å²) in [6.45, 7) is 23.6. The Morgan fingerprint density at radius 1 is 0.929 bits per heavy atom. The highest BCUT2D eigenvalue weighted by Gasteiger charge is 2.71. The van der Waals surface area contributed by atoms with E-state index in [1.807, 2.05) is 4.90 Å². The zero-order chi connectivity index (χ0) is 40.8. The molecule has 1 amide bonds. The number of Topliss-reactive ketones (excluding diaryl/α,β-unsaturated/α-hetero) is 1. The Bertz CT molecular complexity index is 1630. The molecule has 6 aliphatic carbocycles. The number of aliphatic carboxylic acids is 1. The van der Waals surface area contributed by atoms with Crippen LogP contribution in [0.25, 0.3) is 0 Å². The van der Waals surface area contributed by atoms with E-state index >= 15 is 0 Å². The standard InChI is InChI=1S/C47H74N2O7/c1-29(2)39-32(50)25-47(35(51)28-48(27-30-12-13-30)23-24-49-22-10-11-37(49)52)21-20-45(8)31(40(39)47)14-15-34-44(7)18-17-36(56-38(53)26-42(3,4)41(54)55)43(5,6)33(44)16-19-46(34,45)9/h29-31,33-36,51H,10-28H2,1-9H3,(H,54,55). The van der Waals surface area contributed by atoms with Gasteiger partial charge in [-0.2, -0.15) is 0 Å². The normalized spacial score (nSPS) is 38.7. The third kappa shape index (κ3) is 6.72. The van der Waals surface area contributed by atoms with Crippen LogP contribution >= 0.6 is 0 Å². The minimum Gasteiger partial charge on any atom is -0.481 e. The van der Waals surface area contributed by atoms with Gasteiger partial charge < -0.3 is 19.8 Å². The number of rotatable bonds is 13. The van der Waals surface area contributed by atoms with Gasteiger partial charge in [0, 0.05) is 56.4 Å². The molecule has 0 aromatic carbocycles. The summed E-state index contributed by atoms with van der Waals surface area (Å²) in [4.78, 5) is 56.1. The number of allylic oxidation sites excluding steroid dienone is 1. The van der Waals surface area contributed by atoms with Crippen LogP contribution < -0.4 is 0 Å². The Balaban J connectivity index is 1.14. The van der Waals surface area contributed by atoms with Crippen LogP contribution in [0.15, 0.2) is 11.1 Å². The van der Waals surface area contributed by atoms with Crippen LogP contribution in [0.2, 0.25) is 0 Å². The quantitative estimate of drug-likeness (QED) is 0.180. The number of nitrogens with zero attached hydrogens (tertiary/aromatic N) is 2. The number of carbonyl (C=O) groups is 4. The first-order chi connectivity index (χ1) is 26.1. The molecule has 0 aromatic rings. The number of ether oxygens (including phenoxy) is 1. The number of ketones is 1. The summed E-state index contributed by atoms with van der Waals surface area (Å²) in [5.74, 6) is 0.958. The number of likely N-dealkylation sites (tertiary alicyclic amines) is 1. The highest BCUT2D eigenvalue weighted by Crippen LogP contribution is 2.77. The van der Waals surface area contributed by atoms with Crippen LogP contribution in [0.5, 0.6) is 0 Å². The fraction of sp³-hybridized carbons (Fsp3) is 0.872. The summed E-state index contributed by atoms with van der Waals surface area (Å²) in [5.41, 5.74) is 0.453. The second-order valence-electron chi connectivity index (χ2n) is 22.3. The Morgan fingerprint density at radius 3 is 2.27 bits per heavy atom. The van der Waals surface area contributed by atoms with Crippen molar-refractivity contribution in [2.45, 2.75) is 164 Å². The highest BCUT2D eigenvalue weighted by atomic mass is 16.5. The van der Waals surface area contributed by atoms with Gasteiger partial charge in [-0.3, -0.25) is 24.1 Å². The number of carbonyl (C=O) groups excluding carboxylic acids is 3. The number of aliphatic hydroxyl groups is 1. The summed E-state index contributed by atoms with van der Waals surface area (Å²) in [7, 11) is 0. The molecule has 0 aromatic heterocycles. The zero-order valence-electron chi connectivity index (χ0n) is 36.3. The Labute approximate surface area is 337 Å². The number of hydrogen-bond donors (Lipinski definition) is 2. The number of hydrogen-bond acceptors (Lipinski definition) is 7. The first kappa shape index (κ1) is 41.9. The molecule has 0 radical (unpaired) electrons. The van der Waals surface area contributed by atoms with Crippen LogP contribution in [-0.2, 0) is 23.9 Å². The third-order valence-corrected chi connectivity index (χ3v) is 18.0. The minimum absolute atomic E-state index is 0.0209. The summed E-state index contributed by atoms with van der Waals surface area (Å²) in [6, 6.07) is 0. The van der Waals surface area contributed by atoms with Crippen LogP contribution in [0.4, 0.5) is 0 Å². The minimum atomic E-state index is -1.17. The number of amides is 1. The summed E-state index contributed by atoms with van der Waals surface area (Å²) >= 11 is 0. The topological polar surface area (TPSA) is 124 Å². The lowest BCUT2D eigenvalue weighted by Crippen LogP contribution is -2.66. The van der Waals surface area contributed by atoms with Crippen molar-refractivity contribution in [2.24, 2.45) is 62.1 Å². The van der Waals surface area contributed by atoms with Gasteiger partial charge in [0.1, 0.15) is 6.10 Å². The van der Waals surface area contributed by atoms with E-state index in [9.17, 15) is 29.4 Å². The molecule has 5 saturated carbocycles.